The van der Waals surface area contributed by atoms with Crippen molar-refractivity contribution in [3.63, 3.8) is 0 Å². The number of aliphatic hydroxyl groups is 1. The van der Waals surface area contributed by atoms with Gasteiger partial charge in [0, 0.05) is 17.2 Å². The van der Waals surface area contributed by atoms with Crippen LogP contribution in [-0.2, 0) is 16.0 Å². The first kappa shape index (κ1) is 14.8. The van der Waals surface area contributed by atoms with Gasteiger partial charge in [-0.1, -0.05) is 34.1 Å². The second-order valence-electron chi connectivity index (χ2n) is 4.41. The van der Waals surface area contributed by atoms with E-state index >= 15 is 0 Å². The SMILES string of the molecule is COC(=O)C1=CC=CN(CCc2ccccc2Br)C1O. The number of benzene rings is 1. The van der Waals surface area contributed by atoms with Crippen LogP contribution in [0.15, 0.2) is 52.7 Å². The summed E-state index contributed by atoms with van der Waals surface area (Å²) in [4.78, 5) is 13.2. The van der Waals surface area contributed by atoms with E-state index in [1.165, 1.54) is 7.11 Å². The van der Waals surface area contributed by atoms with E-state index in [1.807, 2.05) is 24.3 Å². The Morgan fingerprint density at radius 2 is 2.20 bits per heavy atom. The second-order valence-corrected chi connectivity index (χ2v) is 5.26. The van der Waals surface area contributed by atoms with E-state index in [1.54, 1.807) is 23.3 Å². The first-order valence-electron chi connectivity index (χ1n) is 6.27. The highest BCUT2D eigenvalue weighted by Gasteiger charge is 2.25. The number of methoxy groups -OCH3 is 1. The van der Waals surface area contributed by atoms with Gasteiger partial charge in [0.05, 0.1) is 12.7 Å². The standard InChI is InChI=1S/C15H16BrNO3/c1-20-15(19)12-6-4-9-17(14(12)18)10-8-11-5-2-3-7-13(11)16/h2-7,9,14,18H,8,10H2,1H3. The molecule has 1 aromatic carbocycles. The average Bonchev–Trinajstić information content (AvgIpc) is 2.47. The summed E-state index contributed by atoms with van der Waals surface area (Å²) in [5.41, 5.74) is 1.41. The fourth-order valence-electron chi connectivity index (χ4n) is 2.04. The molecule has 4 nitrogen and oxygen atoms in total. The van der Waals surface area contributed by atoms with Crippen molar-refractivity contribution in [1.82, 2.24) is 4.90 Å². The Bertz CT molecular complexity index is 554. The van der Waals surface area contributed by atoms with Crippen LogP contribution >= 0.6 is 15.9 Å². The van der Waals surface area contributed by atoms with Crippen LogP contribution in [0.1, 0.15) is 5.56 Å². The molecule has 0 fully saturated rings. The molecule has 0 saturated heterocycles. The summed E-state index contributed by atoms with van der Waals surface area (Å²) < 4.78 is 5.70. The van der Waals surface area contributed by atoms with Gasteiger partial charge in [-0.25, -0.2) is 4.79 Å². The molecule has 0 aromatic heterocycles. The fourth-order valence-corrected chi connectivity index (χ4v) is 2.53. The lowest BCUT2D eigenvalue weighted by Gasteiger charge is -2.29. The molecule has 1 aliphatic heterocycles. The normalized spacial score (nSPS) is 17.9. The molecular weight excluding hydrogens is 322 g/mol. The van der Waals surface area contributed by atoms with Crippen LogP contribution in [0.2, 0.25) is 0 Å². The van der Waals surface area contributed by atoms with E-state index in [0.29, 0.717) is 6.54 Å². The molecule has 0 aliphatic carbocycles. The van der Waals surface area contributed by atoms with Crippen molar-refractivity contribution in [1.29, 1.82) is 0 Å². The number of nitrogens with zero attached hydrogens (tertiary/aromatic N) is 1. The van der Waals surface area contributed by atoms with E-state index in [4.69, 9.17) is 0 Å². The number of rotatable bonds is 4. The highest BCUT2D eigenvalue weighted by atomic mass is 79.9. The predicted octanol–water partition coefficient (Wildman–Crippen LogP) is 2.24. The van der Waals surface area contributed by atoms with Crippen LogP contribution in [0, 0.1) is 0 Å². The zero-order valence-corrected chi connectivity index (χ0v) is 12.7. The first-order valence-corrected chi connectivity index (χ1v) is 7.06. The monoisotopic (exact) mass is 337 g/mol. The average molecular weight is 338 g/mol. The first-order chi connectivity index (χ1) is 9.63. The lowest BCUT2D eigenvalue weighted by Crippen LogP contribution is -2.38. The van der Waals surface area contributed by atoms with E-state index in [9.17, 15) is 9.90 Å². The van der Waals surface area contributed by atoms with Gasteiger partial charge in [-0.15, -0.1) is 0 Å². The summed E-state index contributed by atoms with van der Waals surface area (Å²) in [6, 6.07) is 7.95. The smallest absolute Gasteiger partial charge is 0.338 e. The van der Waals surface area contributed by atoms with Crippen molar-refractivity contribution in [3.8, 4) is 0 Å². The van der Waals surface area contributed by atoms with Gasteiger partial charge < -0.3 is 14.7 Å². The number of hydrogen-bond donors (Lipinski definition) is 1. The molecule has 0 amide bonds. The number of halogens is 1. The number of esters is 1. The van der Waals surface area contributed by atoms with Crippen molar-refractivity contribution >= 4 is 21.9 Å². The molecule has 1 heterocycles. The van der Waals surface area contributed by atoms with Gasteiger partial charge in [0.1, 0.15) is 0 Å². The molecule has 1 aromatic rings. The van der Waals surface area contributed by atoms with Crippen LogP contribution in [0.4, 0.5) is 0 Å². The molecule has 20 heavy (non-hydrogen) atoms. The van der Waals surface area contributed by atoms with Gasteiger partial charge >= 0.3 is 5.97 Å². The lowest BCUT2D eigenvalue weighted by molar-refractivity contribution is -0.138. The van der Waals surface area contributed by atoms with Gasteiger partial charge in [-0.3, -0.25) is 0 Å². The Morgan fingerprint density at radius 1 is 1.45 bits per heavy atom. The third-order valence-electron chi connectivity index (χ3n) is 3.16. The lowest BCUT2D eigenvalue weighted by atomic mass is 10.1. The quantitative estimate of drug-likeness (QED) is 0.856. The number of aliphatic hydroxyl groups excluding tert-OH is 1. The van der Waals surface area contributed by atoms with Crippen LogP contribution in [0.3, 0.4) is 0 Å². The molecule has 1 N–H and O–H groups in total. The van der Waals surface area contributed by atoms with E-state index in [-0.39, 0.29) is 5.57 Å². The number of allylic oxidation sites excluding steroid dienone is 2. The zero-order valence-electron chi connectivity index (χ0n) is 11.1. The Labute approximate surface area is 126 Å². The van der Waals surface area contributed by atoms with Crippen molar-refractivity contribution in [2.75, 3.05) is 13.7 Å². The van der Waals surface area contributed by atoms with Crippen LogP contribution in [-0.4, -0.2) is 35.9 Å². The maximum atomic E-state index is 11.5. The Hall–Kier alpha value is -1.59. The van der Waals surface area contributed by atoms with E-state index in [0.717, 1.165) is 16.5 Å². The molecule has 0 saturated carbocycles. The number of carbonyl (C=O) groups is 1. The number of carbonyl (C=O) groups excluding carboxylic acids is 1. The van der Waals surface area contributed by atoms with Gasteiger partial charge in [0.15, 0.2) is 6.23 Å². The minimum absolute atomic E-state index is 0.252. The third kappa shape index (κ3) is 3.29. The highest BCUT2D eigenvalue weighted by Crippen LogP contribution is 2.19. The minimum atomic E-state index is -0.963. The van der Waals surface area contributed by atoms with Crippen molar-refractivity contribution in [2.45, 2.75) is 12.6 Å². The molecule has 0 spiro atoms. The summed E-state index contributed by atoms with van der Waals surface area (Å²) in [5, 5.41) is 10.2. The summed E-state index contributed by atoms with van der Waals surface area (Å²) >= 11 is 3.50. The van der Waals surface area contributed by atoms with Crippen LogP contribution in [0.25, 0.3) is 0 Å². The van der Waals surface area contributed by atoms with Crippen molar-refractivity contribution in [3.05, 3.63) is 58.2 Å². The Kier molecular flexibility index (Phi) is 4.98. The molecular formula is C15H16BrNO3. The van der Waals surface area contributed by atoms with Crippen LogP contribution in [0.5, 0.6) is 0 Å². The minimum Gasteiger partial charge on any atom is -0.466 e. The molecule has 1 unspecified atom stereocenters. The zero-order chi connectivity index (χ0) is 14.5. The Balaban J connectivity index is 2.01. The van der Waals surface area contributed by atoms with Gasteiger partial charge in [0.2, 0.25) is 0 Å². The number of ether oxygens (including phenoxy) is 1. The molecule has 1 aliphatic rings. The van der Waals surface area contributed by atoms with Crippen molar-refractivity contribution < 1.29 is 14.6 Å². The van der Waals surface area contributed by atoms with Crippen molar-refractivity contribution in [2.24, 2.45) is 0 Å². The van der Waals surface area contributed by atoms with Gasteiger partial charge in [0.25, 0.3) is 0 Å². The molecule has 106 valence electrons. The third-order valence-corrected chi connectivity index (χ3v) is 3.94. The summed E-state index contributed by atoms with van der Waals surface area (Å²) in [5.74, 6) is -0.507. The van der Waals surface area contributed by atoms with Gasteiger partial charge in [-0.2, -0.15) is 0 Å². The van der Waals surface area contributed by atoms with E-state index < -0.39 is 12.2 Å². The molecule has 0 radical (unpaired) electrons. The molecule has 2 rings (SSSR count). The Morgan fingerprint density at radius 3 is 2.90 bits per heavy atom. The number of hydrogen-bond acceptors (Lipinski definition) is 4. The molecule has 5 heteroatoms. The molecule has 1 atom stereocenters. The predicted molar refractivity (Wildman–Crippen MR) is 79.8 cm³/mol. The van der Waals surface area contributed by atoms with Crippen LogP contribution < -0.4 is 0 Å². The highest BCUT2D eigenvalue weighted by molar-refractivity contribution is 9.10. The summed E-state index contributed by atoms with van der Waals surface area (Å²) in [6.07, 6.45) is 4.88. The molecule has 0 bridgehead atoms. The largest absolute Gasteiger partial charge is 0.466 e. The van der Waals surface area contributed by atoms with E-state index in [2.05, 4.69) is 20.7 Å². The topological polar surface area (TPSA) is 49.8 Å². The summed E-state index contributed by atoms with van der Waals surface area (Å²) in [7, 11) is 1.31. The van der Waals surface area contributed by atoms with Gasteiger partial charge in [-0.05, 0) is 30.2 Å². The fraction of sp³-hybridized carbons (Fsp3) is 0.267. The summed E-state index contributed by atoms with van der Waals surface area (Å²) in [6.45, 7) is 0.606. The maximum absolute atomic E-state index is 11.5. The maximum Gasteiger partial charge on any atom is 0.338 e. The second kappa shape index (κ2) is 6.72.